The molecule has 37 heavy (non-hydrogen) atoms. The molecule has 2 aromatic carbocycles. The molecule has 1 saturated heterocycles. The first-order chi connectivity index (χ1) is 17.9. The Morgan fingerprint density at radius 3 is 2.41 bits per heavy atom. The van der Waals surface area contributed by atoms with Crippen LogP contribution < -0.4 is 19.5 Å². The number of urea groups is 1. The highest BCUT2D eigenvalue weighted by Gasteiger charge is 2.25. The van der Waals surface area contributed by atoms with Gasteiger partial charge < -0.3 is 33.7 Å². The summed E-state index contributed by atoms with van der Waals surface area (Å²) in [7, 11) is 4.58. The summed E-state index contributed by atoms with van der Waals surface area (Å²) in [6, 6.07) is 10.5. The van der Waals surface area contributed by atoms with Crippen LogP contribution in [0, 0.1) is 10.1 Å². The Hall–Kier alpha value is -4.32. The number of amides is 2. The fourth-order valence-corrected chi connectivity index (χ4v) is 4.06. The molecule has 0 saturated carbocycles. The molecule has 1 unspecified atom stereocenters. The van der Waals surface area contributed by atoms with E-state index in [1.807, 2.05) is 0 Å². The van der Waals surface area contributed by atoms with E-state index in [4.69, 9.17) is 23.5 Å². The van der Waals surface area contributed by atoms with Gasteiger partial charge in [-0.25, -0.2) is 4.79 Å². The minimum absolute atomic E-state index is 0.0591. The summed E-state index contributed by atoms with van der Waals surface area (Å²) < 4.78 is 27.5. The van der Waals surface area contributed by atoms with Gasteiger partial charge in [-0.2, -0.15) is 0 Å². The van der Waals surface area contributed by atoms with Gasteiger partial charge in [0.05, 0.1) is 38.9 Å². The van der Waals surface area contributed by atoms with E-state index < -0.39 is 4.92 Å². The van der Waals surface area contributed by atoms with Crippen molar-refractivity contribution in [3.05, 3.63) is 58.3 Å². The standard InChI is InChI=1S/C25H28N4O8/c1-33-22-11-16(12-23(34-2)24(22)35-3)21-13-18(27-37-21)14-28(15-20-5-4-10-36-20)25(30)26-17-6-8-19(9-7-17)29(31)32/h6-9,11-13,20H,4-5,10,14-15H2,1-3H3,(H,26,30). The van der Waals surface area contributed by atoms with Crippen LogP contribution in [0.1, 0.15) is 18.5 Å². The number of rotatable bonds is 10. The number of hydrogen-bond donors (Lipinski definition) is 1. The Kier molecular flexibility index (Phi) is 8.08. The first kappa shape index (κ1) is 25.8. The predicted octanol–water partition coefficient (Wildman–Crippen LogP) is 4.49. The minimum Gasteiger partial charge on any atom is -0.493 e. The summed E-state index contributed by atoms with van der Waals surface area (Å²) in [5.74, 6) is 1.86. The Balaban J connectivity index is 1.53. The minimum atomic E-state index is -0.495. The average molecular weight is 513 g/mol. The molecule has 0 radical (unpaired) electrons. The van der Waals surface area contributed by atoms with E-state index in [1.165, 1.54) is 45.6 Å². The molecule has 0 aliphatic carbocycles. The number of anilines is 1. The zero-order valence-corrected chi connectivity index (χ0v) is 20.8. The number of carbonyl (C=O) groups excluding carboxylic acids is 1. The van der Waals surface area contributed by atoms with Gasteiger partial charge in [0, 0.05) is 42.6 Å². The predicted molar refractivity (Wildman–Crippen MR) is 133 cm³/mol. The molecule has 1 atom stereocenters. The molecular formula is C25H28N4O8. The molecule has 1 aliphatic rings. The molecule has 1 aliphatic heterocycles. The van der Waals surface area contributed by atoms with Crippen molar-refractivity contribution in [3.63, 3.8) is 0 Å². The SMILES string of the molecule is COc1cc(-c2cc(CN(CC3CCCO3)C(=O)Nc3ccc([N+](=O)[O-])cc3)no2)cc(OC)c1OC. The molecular weight excluding hydrogens is 484 g/mol. The summed E-state index contributed by atoms with van der Waals surface area (Å²) in [5.41, 5.74) is 1.57. The van der Waals surface area contributed by atoms with E-state index in [9.17, 15) is 14.9 Å². The van der Waals surface area contributed by atoms with E-state index in [0.29, 0.717) is 53.1 Å². The number of methoxy groups -OCH3 is 3. The zero-order valence-electron chi connectivity index (χ0n) is 20.8. The van der Waals surface area contributed by atoms with Crippen LogP contribution in [0.3, 0.4) is 0 Å². The second-order valence-electron chi connectivity index (χ2n) is 8.35. The summed E-state index contributed by atoms with van der Waals surface area (Å²) in [4.78, 5) is 25.1. The van der Waals surface area contributed by atoms with Gasteiger partial charge in [-0.15, -0.1) is 0 Å². The van der Waals surface area contributed by atoms with Crippen molar-refractivity contribution in [2.45, 2.75) is 25.5 Å². The highest BCUT2D eigenvalue weighted by Crippen LogP contribution is 2.41. The van der Waals surface area contributed by atoms with E-state index >= 15 is 0 Å². The third-order valence-corrected chi connectivity index (χ3v) is 5.93. The molecule has 0 bridgehead atoms. The lowest BCUT2D eigenvalue weighted by atomic mass is 10.1. The number of hydrogen-bond acceptors (Lipinski definition) is 9. The Labute approximate surface area is 213 Å². The highest BCUT2D eigenvalue weighted by molar-refractivity contribution is 5.89. The van der Waals surface area contributed by atoms with Crippen LogP contribution in [0.15, 0.2) is 47.0 Å². The van der Waals surface area contributed by atoms with Gasteiger partial charge in [0.2, 0.25) is 5.75 Å². The molecule has 4 rings (SSSR count). The summed E-state index contributed by atoms with van der Waals surface area (Å²) in [6.45, 7) is 1.16. The fourth-order valence-electron chi connectivity index (χ4n) is 4.06. The van der Waals surface area contributed by atoms with E-state index in [1.54, 1.807) is 23.1 Å². The maximum atomic E-state index is 13.2. The number of nitro groups is 1. The van der Waals surface area contributed by atoms with Gasteiger partial charge in [0.1, 0.15) is 5.69 Å². The average Bonchev–Trinajstić information content (AvgIpc) is 3.60. The van der Waals surface area contributed by atoms with Gasteiger partial charge in [-0.05, 0) is 37.1 Å². The van der Waals surface area contributed by atoms with Crippen molar-refractivity contribution >= 4 is 17.4 Å². The molecule has 1 fully saturated rings. The molecule has 1 aromatic heterocycles. The van der Waals surface area contributed by atoms with E-state index in [0.717, 1.165) is 12.8 Å². The Morgan fingerprint density at radius 1 is 1.14 bits per heavy atom. The van der Waals surface area contributed by atoms with Crippen molar-refractivity contribution < 1.29 is 33.2 Å². The largest absolute Gasteiger partial charge is 0.493 e. The maximum Gasteiger partial charge on any atom is 0.322 e. The molecule has 0 spiro atoms. The van der Waals surface area contributed by atoms with Gasteiger partial charge in [0.15, 0.2) is 17.3 Å². The lowest BCUT2D eigenvalue weighted by molar-refractivity contribution is -0.384. The van der Waals surface area contributed by atoms with Crippen molar-refractivity contribution in [2.75, 3.05) is 39.8 Å². The number of nitrogens with zero attached hydrogens (tertiary/aromatic N) is 3. The van der Waals surface area contributed by atoms with Gasteiger partial charge in [-0.3, -0.25) is 10.1 Å². The molecule has 12 heteroatoms. The van der Waals surface area contributed by atoms with Crippen molar-refractivity contribution in [2.24, 2.45) is 0 Å². The maximum absolute atomic E-state index is 13.2. The molecule has 196 valence electrons. The molecule has 2 amide bonds. The van der Waals surface area contributed by atoms with Crippen LogP contribution in [0.5, 0.6) is 17.2 Å². The first-order valence-electron chi connectivity index (χ1n) is 11.6. The molecule has 3 aromatic rings. The second kappa shape index (κ2) is 11.6. The van der Waals surface area contributed by atoms with E-state index in [2.05, 4.69) is 10.5 Å². The summed E-state index contributed by atoms with van der Waals surface area (Å²) in [5, 5.41) is 17.9. The summed E-state index contributed by atoms with van der Waals surface area (Å²) in [6.07, 6.45) is 1.68. The number of carbonyl (C=O) groups is 1. The highest BCUT2D eigenvalue weighted by atomic mass is 16.6. The van der Waals surface area contributed by atoms with Crippen molar-refractivity contribution in [1.82, 2.24) is 10.1 Å². The number of non-ortho nitro benzene ring substituents is 1. The van der Waals surface area contributed by atoms with Crippen LogP contribution in [0.4, 0.5) is 16.2 Å². The smallest absolute Gasteiger partial charge is 0.322 e. The Morgan fingerprint density at radius 2 is 1.84 bits per heavy atom. The van der Waals surface area contributed by atoms with Crippen molar-refractivity contribution in [1.29, 1.82) is 0 Å². The van der Waals surface area contributed by atoms with Gasteiger partial charge >= 0.3 is 6.03 Å². The zero-order chi connectivity index (χ0) is 26.4. The fraction of sp³-hybridized carbons (Fsp3) is 0.360. The lowest BCUT2D eigenvalue weighted by Gasteiger charge is -2.25. The number of nitro benzene ring substituents is 1. The van der Waals surface area contributed by atoms with Crippen LogP contribution in [-0.2, 0) is 11.3 Å². The van der Waals surface area contributed by atoms with Crippen molar-refractivity contribution in [3.8, 4) is 28.6 Å². The van der Waals surface area contributed by atoms with Crippen LogP contribution >= 0.6 is 0 Å². The normalized spacial score (nSPS) is 14.7. The third-order valence-electron chi connectivity index (χ3n) is 5.93. The lowest BCUT2D eigenvalue weighted by Crippen LogP contribution is -2.39. The van der Waals surface area contributed by atoms with Crippen LogP contribution in [0.25, 0.3) is 11.3 Å². The number of benzene rings is 2. The van der Waals surface area contributed by atoms with Gasteiger partial charge in [-0.1, -0.05) is 5.16 Å². The number of ether oxygens (including phenoxy) is 4. The molecule has 2 heterocycles. The van der Waals surface area contributed by atoms with Crippen LogP contribution in [0.2, 0.25) is 0 Å². The quantitative estimate of drug-likeness (QED) is 0.307. The molecule has 1 N–H and O–H groups in total. The summed E-state index contributed by atoms with van der Waals surface area (Å²) >= 11 is 0. The van der Waals surface area contributed by atoms with Crippen LogP contribution in [-0.4, -0.2) is 61.6 Å². The Bertz CT molecular complexity index is 1210. The second-order valence-corrected chi connectivity index (χ2v) is 8.35. The number of nitrogens with one attached hydrogen (secondary N) is 1. The third kappa shape index (κ3) is 6.09. The van der Waals surface area contributed by atoms with E-state index in [-0.39, 0.29) is 24.4 Å². The van der Waals surface area contributed by atoms with Gasteiger partial charge in [0.25, 0.3) is 5.69 Å². The monoisotopic (exact) mass is 512 g/mol. The number of aromatic nitrogens is 1. The molecule has 12 nitrogen and oxygen atoms in total. The first-order valence-corrected chi connectivity index (χ1v) is 11.6. The topological polar surface area (TPSA) is 138 Å².